The van der Waals surface area contributed by atoms with E-state index < -0.39 is 11.2 Å². The molecule has 122 valence electrons. The van der Waals surface area contributed by atoms with Gasteiger partial charge in [-0.25, -0.2) is 4.98 Å². The summed E-state index contributed by atoms with van der Waals surface area (Å²) in [4.78, 5) is 15.7. The molecule has 0 amide bonds. The highest BCUT2D eigenvalue weighted by atomic mass is 32.2. The summed E-state index contributed by atoms with van der Waals surface area (Å²) < 4.78 is 10.7. The number of carboxylic acid groups (broad SMARTS) is 1. The van der Waals surface area contributed by atoms with Crippen molar-refractivity contribution in [3.8, 4) is 28.8 Å². The van der Waals surface area contributed by atoms with Crippen molar-refractivity contribution in [3.05, 3.63) is 35.9 Å². The van der Waals surface area contributed by atoms with Gasteiger partial charge >= 0.3 is 5.97 Å². The van der Waals surface area contributed by atoms with Gasteiger partial charge < -0.3 is 14.6 Å². The number of nitriles is 1. The summed E-state index contributed by atoms with van der Waals surface area (Å²) in [5.41, 5.74) is 1.83. The maximum atomic E-state index is 11.3. The van der Waals surface area contributed by atoms with Gasteiger partial charge in [-0.3, -0.25) is 4.79 Å². The Labute approximate surface area is 143 Å². The van der Waals surface area contributed by atoms with E-state index in [-0.39, 0.29) is 6.79 Å². The van der Waals surface area contributed by atoms with Crippen LogP contribution in [0.4, 0.5) is 0 Å². The van der Waals surface area contributed by atoms with Crippen LogP contribution >= 0.6 is 11.8 Å². The number of pyridine rings is 1. The van der Waals surface area contributed by atoms with E-state index in [1.807, 2.05) is 12.1 Å². The first-order valence-corrected chi connectivity index (χ1v) is 8.21. The SMILES string of the molecule is CCC(Sc1nc(-c2ccc3c(c2)OCO3)ccc1C#N)C(=O)O. The van der Waals surface area contributed by atoms with E-state index in [4.69, 9.17) is 9.47 Å². The molecule has 2 heterocycles. The van der Waals surface area contributed by atoms with Crippen molar-refractivity contribution in [1.29, 1.82) is 5.26 Å². The van der Waals surface area contributed by atoms with Crippen molar-refractivity contribution in [2.24, 2.45) is 0 Å². The fourth-order valence-electron chi connectivity index (χ4n) is 2.28. The predicted molar refractivity (Wildman–Crippen MR) is 88.1 cm³/mol. The molecule has 1 atom stereocenters. The first-order chi connectivity index (χ1) is 11.6. The summed E-state index contributed by atoms with van der Waals surface area (Å²) in [5.74, 6) is 0.408. The Bertz CT molecular complexity index is 832. The first-order valence-electron chi connectivity index (χ1n) is 7.33. The van der Waals surface area contributed by atoms with Gasteiger partial charge in [0.2, 0.25) is 6.79 Å². The predicted octanol–water partition coefficient (Wildman–Crippen LogP) is 3.30. The molecular weight excluding hydrogens is 328 g/mol. The van der Waals surface area contributed by atoms with Crippen LogP contribution in [0.5, 0.6) is 11.5 Å². The standard InChI is InChI=1S/C17H14N2O4S/c1-2-15(17(20)21)24-16-11(8-18)3-5-12(19-16)10-4-6-13-14(7-10)23-9-22-13/h3-7,15H,2,9H2,1H3,(H,20,21). The second-order valence-electron chi connectivity index (χ2n) is 5.08. The van der Waals surface area contributed by atoms with E-state index in [9.17, 15) is 15.2 Å². The Morgan fingerprint density at radius 1 is 1.38 bits per heavy atom. The molecule has 0 radical (unpaired) electrons. The number of carboxylic acids is 1. The smallest absolute Gasteiger partial charge is 0.317 e. The Kier molecular flexibility index (Phi) is 4.58. The third-order valence-electron chi connectivity index (χ3n) is 3.55. The number of fused-ring (bicyclic) bond motifs is 1. The van der Waals surface area contributed by atoms with E-state index in [0.717, 1.165) is 17.3 Å². The van der Waals surface area contributed by atoms with E-state index in [1.54, 1.807) is 25.1 Å². The van der Waals surface area contributed by atoms with Gasteiger partial charge in [0.25, 0.3) is 0 Å². The van der Waals surface area contributed by atoms with Crippen LogP contribution in [0.3, 0.4) is 0 Å². The van der Waals surface area contributed by atoms with Crippen LogP contribution in [0.15, 0.2) is 35.4 Å². The second kappa shape index (κ2) is 6.81. The number of hydrogen-bond acceptors (Lipinski definition) is 6. The van der Waals surface area contributed by atoms with Crippen molar-refractivity contribution in [2.45, 2.75) is 23.6 Å². The molecule has 1 aromatic carbocycles. The summed E-state index contributed by atoms with van der Waals surface area (Å²) in [6.45, 7) is 1.98. The minimum atomic E-state index is -0.915. The van der Waals surface area contributed by atoms with Crippen LogP contribution in [0.2, 0.25) is 0 Å². The highest BCUT2D eigenvalue weighted by molar-refractivity contribution is 8.00. The first kappa shape index (κ1) is 16.1. The number of thioether (sulfide) groups is 1. The van der Waals surface area contributed by atoms with Crippen LogP contribution < -0.4 is 9.47 Å². The summed E-state index contributed by atoms with van der Waals surface area (Å²) >= 11 is 1.09. The fourth-order valence-corrected chi connectivity index (χ4v) is 3.20. The molecule has 1 aromatic heterocycles. The van der Waals surface area contributed by atoms with Crippen molar-refractivity contribution in [2.75, 3.05) is 6.79 Å². The van der Waals surface area contributed by atoms with Crippen LogP contribution in [0.1, 0.15) is 18.9 Å². The largest absolute Gasteiger partial charge is 0.480 e. The van der Waals surface area contributed by atoms with Gasteiger partial charge in [-0.1, -0.05) is 18.7 Å². The van der Waals surface area contributed by atoms with Gasteiger partial charge in [0.1, 0.15) is 16.3 Å². The molecule has 1 unspecified atom stereocenters. The van der Waals surface area contributed by atoms with Crippen molar-refractivity contribution < 1.29 is 19.4 Å². The third kappa shape index (κ3) is 3.14. The van der Waals surface area contributed by atoms with Crippen molar-refractivity contribution in [3.63, 3.8) is 0 Å². The lowest BCUT2D eigenvalue weighted by atomic mass is 10.1. The number of benzene rings is 1. The van der Waals surface area contributed by atoms with Crippen LogP contribution in [0, 0.1) is 11.3 Å². The van der Waals surface area contributed by atoms with E-state index in [1.165, 1.54) is 0 Å². The van der Waals surface area contributed by atoms with E-state index in [0.29, 0.717) is 34.2 Å². The van der Waals surface area contributed by atoms with Crippen LogP contribution in [-0.4, -0.2) is 28.1 Å². The Morgan fingerprint density at radius 3 is 2.88 bits per heavy atom. The summed E-state index contributed by atoms with van der Waals surface area (Å²) in [5, 5.41) is 18.2. The number of carbonyl (C=O) groups is 1. The molecule has 6 nitrogen and oxygen atoms in total. The zero-order valence-corrected chi connectivity index (χ0v) is 13.7. The minimum absolute atomic E-state index is 0.192. The highest BCUT2D eigenvalue weighted by Crippen LogP contribution is 2.36. The quantitative estimate of drug-likeness (QED) is 0.833. The molecule has 0 saturated carbocycles. The Hall–Kier alpha value is -2.72. The zero-order valence-electron chi connectivity index (χ0n) is 12.9. The molecule has 0 bridgehead atoms. The van der Waals surface area contributed by atoms with Crippen LogP contribution in [0.25, 0.3) is 11.3 Å². The average molecular weight is 342 g/mol. The molecule has 24 heavy (non-hydrogen) atoms. The molecule has 1 aliphatic heterocycles. The van der Waals surface area contributed by atoms with Gasteiger partial charge in [0, 0.05) is 5.56 Å². The molecule has 0 saturated heterocycles. The summed E-state index contributed by atoms with van der Waals surface area (Å²) in [6.07, 6.45) is 0.445. The van der Waals surface area contributed by atoms with Gasteiger partial charge in [-0.05, 0) is 36.8 Å². The van der Waals surface area contributed by atoms with Gasteiger partial charge in [0.05, 0.1) is 11.3 Å². The molecule has 7 heteroatoms. The highest BCUT2D eigenvalue weighted by Gasteiger charge is 2.20. The molecule has 0 spiro atoms. The van der Waals surface area contributed by atoms with E-state index >= 15 is 0 Å². The monoisotopic (exact) mass is 342 g/mol. The Morgan fingerprint density at radius 2 is 2.17 bits per heavy atom. The van der Waals surface area contributed by atoms with Gasteiger partial charge in [-0.15, -0.1) is 0 Å². The van der Waals surface area contributed by atoms with Crippen molar-refractivity contribution in [1.82, 2.24) is 4.98 Å². The zero-order chi connectivity index (χ0) is 17.1. The number of nitrogens with zero attached hydrogens (tertiary/aromatic N) is 2. The summed E-state index contributed by atoms with van der Waals surface area (Å²) in [6, 6.07) is 10.9. The third-order valence-corrected chi connectivity index (χ3v) is 4.90. The lowest BCUT2D eigenvalue weighted by Crippen LogP contribution is -2.15. The molecule has 1 aliphatic rings. The molecule has 1 N–H and O–H groups in total. The number of ether oxygens (including phenoxy) is 2. The molecule has 2 aromatic rings. The topological polar surface area (TPSA) is 92.4 Å². The molecule has 0 aliphatic carbocycles. The summed E-state index contributed by atoms with van der Waals surface area (Å²) in [7, 11) is 0. The maximum Gasteiger partial charge on any atom is 0.317 e. The number of aromatic nitrogens is 1. The second-order valence-corrected chi connectivity index (χ2v) is 6.27. The maximum absolute atomic E-state index is 11.3. The molecule has 0 fully saturated rings. The lowest BCUT2D eigenvalue weighted by Gasteiger charge is -2.11. The average Bonchev–Trinajstić information content (AvgIpc) is 3.06. The molecular formula is C17H14N2O4S. The minimum Gasteiger partial charge on any atom is -0.480 e. The number of aliphatic carboxylic acids is 1. The Balaban J connectivity index is 1.97. The van der Waals surface area contributed by atoms with Crippen LogP contribution in [-0.2, 0) is 4.79 Å². The van der Waals surface area contributed by atoms with Crippen molar-refractivity contribution >= 4 is 17.7 Å². The molecule has 3 rings (SSSR count). The van der Waals surface area contributed by atoms with Gasteiger partial charge in [-0.2, -0.15) is 5.26 Å². The number of rotatable bonds is 5. The lowest BCUT2D eigenvalue weighted by molar-refractivity contribution is -0.136. The fraction of sp³-hybridized carbons (Fsp3) is 0.235. The van der Waals surface area contributed by atoms with E-state index in [2.05, 4.69) is 11.1 Å². The number of hydrogen-bond donors (Lipinski definition) is 1. The van der Waals surface area contributed by atoms with Gasteiger partial charge in [0.15, 0.2) is 11.5 Å². The normalized spacial score (nSPS) is 13.3.